The maximum absolute atomic E-state index is 12.5. The minimum Gasteiger partial charge on any atom is -0.489 e. The van der Waals surface area contributed by atoms with Gasteiger partial charge in [0.05, 0.1) is 0 Å². The molecule has 142 valence electrons. The van der Waals surface area contributed by atoms with Crippen molar-refractivity contribution >= 4 is 35.5 Å². The second kappa shape index (κ2) is 8.54. The highest BCUT2D eigenvalue weighted by atomic mass is 35.5. The van der Waals surface area contributed by atoms with Gasteiger partial charge in [-0.15, -0.1) is 6.58 Å². The molecule has 7 heteroatoms. The van der Waals surface area contributed by atoms with Gasteiger partial charge in [0.1, 0.15) is 17.9 Å². The molecule has 0 radical (unpaired) electrons. The molecule has 0 aliphatic carbocycles. The third-order valence-electron chi connectivity index (χ3n) is 4.02. The van der Waals surface area contributed by atoms with Gasteiger partial charge >= 0.3 is 6.03 Å². The molecule has 1 aliphatic rings. The largest absolute Gasteiger partial charge is 0.489 e. The minimum atomic E-state index is -0.760. The summed E-state index contributed by atoms with van der Waals surface area (Å²) in [4.78, 5) is 37.2. The van der Waals surface area contributed by atoms with E-state index in [1.165, 1.54) is 12.2 Å². The average molecular weight is 397 g/mol. The van der Waals surface area contributed by atoms with Gasteiger partial charge in [-0.25, -0.2) is 4.79 Å². The smallest absolute Gasteiger partial charge is 0.331 e. The fraction of sp³-hybridized carbons (Fsp3) is 0.0952. The van der Waals surface area contributed by atoms with Crippen molar-refractivity contribution in [1.82, 2.24) is 10.2 Å². The monoisotopic (exact) mass is 396 g/mol. The van der Waals surface area contributed by atoms with Crippen molar-refractivity contribution in [3.8, 4) is 5.75 Å². The predicted molar refractivity (Wildman–Crippen MR) is 106 cm³/mol. The molecule has 1 N–H and O–H groups in total. The molecule has 0 saturated carbocycles. The Bertz CT molecular complexity index is 984. The van der Waals surface area contributed by atoms with E-state index >= 15 is 0 Å². The molecule has 1 fully saturated rings. The highest BCUT2D eigenvalue weighted by Crippen LogP contribution is 2.21. The molecule has 0 aromatic heterocycles. The van der Waals surface area contributed by atoms with Gasteiger partial charge in [-0.2, -0.15) is 0 Å². The van der Waals surface area contributed by atoms with Crippen LogP contribution in [0.2, 0.25) is 5.02 Å². The summed E-state index contributed by atoms with van der Waals surface area (Å²) in [6.07, 6.45) is 2.83. The number of benzene rings is 2. The van der Waals surface area contributed by atoms with E-state index in [2.05, 4.69) is 11.9 Å². The standard InChI is InChI=1S/C21H17ClN2O4/c1-2-10-24-20(26)17(19(25)23-21(24)27)12-14-6-5-8-16(11-14)28-13-15-7-3-4-9-18(15)22/h2-9,11-12H,1,10,13H2,(H,23,25,27). The first-order chi connectivity index (χ1) is 13.5. The van der Waals surface area contributed by atoms with Gasteiger partial charge < -0.3 is 4.74 Å². The highest BCUT2D eigenvalue weighted by Gasteiger charge is 2.34. The molecule has 1 aliphatic heterocycles. The van der Waals surface area contributed by atoms with E-state index < -0.39 is 17.8 Å². The lowest BCUT2D eigenvalue weighted by Crippen LogP contribution is -2.54. The lowest BCUT2D eigenvalue weighted by Gasteiger charge is -2.25. The molecule has 2 aromatic rings. The molecule has 3 rings (SSSR count). The summed E-state index contributed by atoms with van der Waals surface area (Å²) < 4.78 is 5.76. The van der Waals surface area contributed by atoms with Crippen molar-refractivity contribution in [3.05, 3.63) is 82.9 Å². The van der Waals surface area contributed by atoms with E-state index in [1.807, 2.05) is 18.2 Å². The lowest BCUT2D eigenvalue weighted by molar-refractivity contribution is -0.129. The van der Waals surface area contributed by atoms with Gasteiger partial charge in [-0.05, 0) is 29.8 Å². The number of carbonyl (C=O) groups excluding carboxylic acids is 3. The van der Waals surface area contributed by atoms with Gasteiger partial charge in [-0.1, -0.05) is 48.0 Å². The van der Waals surface area contributed by atoms with E-state index in [4.69, 9.17) is 16.3 Å². The fourth-order valence-corrected chi connectivity index (χ4v) is 2.82. The van der Waals surface area contributed by atoms with E-state index in [1.54, 1.807) is 30.3 Å². The number of ether oxygens (including phenoxy) is 1. The molecule has 0 bridgehead atoms. The summed E-state index contributed by atoms with van der Waals surface area (Å²) in [5, 5.41) is 2.76. The van der Waals surface area contributed by atoms with Gasteiger partial charge in [-0.3, -0.25) is 19.8 Å². The number of halogens is 1. The summed E-state index contributed by atoms with van der Waals surface area (Å²) in [5.74, 6) is -0.856. The van der Waals surface area contributed by atoms with Crippen LogP contribution in [0.1, 0.15) is 11.1 Å². The third kappa shape index (κ3) is 4.29. The number of imide groups is 2. The van der Waals surface area contributed by atoms with Gasteiger partial charge in [0.15, 0.2) is 0 Å². The third-order valence-corrected chi connectivity index (χ3v) is 4.39. The number of barbiturate groups is 1. The summed E-state index contributed by atoms with van der Waals surface area (Å²) in [5.41, 5.74) is 1.29. The summed E-state index contributed by atoms with van der Waals surface area (Å²) in [6.45, 7) is 3.80. The quantitative estimate of drug-likeness (QED) is 0.460. The molecule has 6 nitrogen and oxygen atoms in total. The molecule has 1 heterocycles. The van der Waals surface area contributed by atoms with E-state index in [0.29, 0.717) is 16.3 Å². The Morgan fingerprint density at radius 3 is 2.64 bits per heavy atom. The Labute approximate surface area is 167 Å². The van der Waals surface area contributed by atoms with Crippen molar-refractivity contribution < 1.29 is 19.1 Å². The lowest BCUT2D eigenvalue weighted by atomic mass is 10.1. The van der Waals surface area contributed by atoms with Crippen LogP contribution in [-0.2, 0) is 16.2 Å². The number of carbonyl (C=O) groups is 3. The zero-order valence-electron chi connectivity index (χ0n) is 14.9. The Balaban J connectivity index is 1.80. The molecule has 4 amide bonds. The summed E-state index contributed by atoms with van der Waals surface area (Å²) in [7, 11) is 0. The van der Waals surface area contributed by atoms with E-state index in [0.717, 1.165) is 10.5 Å². The molecular weight excluding hydrogens is 380 g/mol. The molecule has 1 saturated heterocycles. The maximum atomic E-state index is 12.5. The van der Waals surface area contributed by atoms with Gasteiger partial charge in [0.2, 0.25) is 0 Å². The number of hydrogen-bond acceptors (Lipinski definition) is 4. The normalized spacial score (nSPS) is 15.5. The molecule has 0 unspecified atom stereocenters. The predicted octanol–water partition coefficient (Wildman–Crippen LogP) is 3.57. The average Bonchev–Trinajstić information content (AvgIpc) is 2.68. The Morgan fingerprint density at radius 1 is 1.11 bits per heavy atom. The highest BCUT2D eigenvalue weighted by molar-refractivity contribution is 6.31. The number of rotatable bonds is 6. The van der Waals surface area contributed by atoms with Crippen LogP contribution in [0.15, 0.2) is 66.8 Å². The number of nitrogens with zero attached hydrogens (tertiary/aromatic N) is 1. The summed E-state index contributed by atoms with van der Waals surface area (Å²) in [6, 6.07) is 13.5. The van der Waals surface area contributed by atoms with Crippen LogP contribution >= 0.6 is 11.6 Å². The second-order valence-electron chi connectivity index (χ2n) is 5.97. The van der Waals surface area contributed by atoms with Crippen LogP contribution in [0.25, 0.3) is 6.08 Å². The van der Waals surface area contributed by atoms with Crippen molar-refractivity contribution in [3.63, 3.8) is 0 Å². The van der Waals surface area contributed by atoms with Crippen LogP contribution in [0.3, 0.4) is 0 Å². The number of urea groups is 1. The van der Waals surface area contributed by atoms with Crippen LogP contribution in [0.4, 0.5) is 4.79 Å². The first-order valence-corrected chi connectivity index (χ1v) is 8.83. The Morgan fingerprint density at radius 2 is 1.89 bits per heavy atom. The Kier molecular flexibility index (Phi) is 5.91. The zero-order chi connectivity index (χ0) is 20.1. The summed E-state index contributed by atoms with van der Waals surface area (Å²) >= 11 is 6.12. The molecule has 0 atom stereocenters. The van der Waals surface area contributed by atoms with Gasteiger partial charge in [0.25, 0.3) is 11.8 Å². The SMILES string of the molecule is C=CCN1C(=O)NC(=O)C(=Cc2cccc(OCc3ccccc3Cl)c2)C1=O. The van der Waals surface area contributed by atoms with E-state index in [9.17, 15) is 14.4 Å². The number of amides is 4. The van der Waals surface area contributed by atoms with Crippen molar-refractivity contribution in [2.45, 2.75) is 6.61 Å². The zero-order valence-corrected chi connectivity index (χ0v) is 15.6. The van der Waals surface area contributed by atoms with Crippen molar-refractivity contribution in [2.24, 2.45) is 0 Å². The van der Waals surface area contributed by atoms with Gasteiger partial charge in [0, 0.05) is 17.1 Å². The van der Waals surface area contributed by atoms with Crippen molar-refractivity contribution in [1.29, 1.82) is 0 Å². The first kappa shape index (κ1) is 19.4. The molecule has 2 aromatic carbocycles. The fourth-order valence-electron chi connectivity index (χ4n) is 2.63. The van der Waals surface area contributed by atoms with Crippen LogP contribution in [0.5, 0.6) is 5.75 Å². The van der Waals surface area contributed by atoms with E-state index in [-0.39, 0.29) is 18.7 Å². The van der Waals surface area contributed by atoms with Crippen molar-refractivity contribution in [2.75, 3.05) is 6.54 Å². The van der Waals surface area contributed by atoms with Crippen LogP contribution < -0.4 is 10.1 Å². The minimum absolute atomic E-state index is 0.0102. The Hall–Kier alpha value is -3.38. The van der Waals surface area contributed by atoms with Crippen LogP contribution in [0, 0.1) is 0 Å². The maximum Gasteiger partial charge on any atom is 0.331 e. The number of nitrogens with one attached hydrogen (secondary N) is 1. The molecular formula is C21H17ClN2O4. The molecule has 0 spiro atoms. The number of hydrogen-bond donors (Lipinski definition) is 1. The topological polar surface area (TPSA) is 75.7 Å². The second-order valence-corrected chi connectivity index (χ2v) is 6.38. The molecule has 28 heavy (non-hydrogen) atoms. The first-order valence-electron chi connectivity index (χ1n) is 8.45. The van der Waals surface area contributed by atoms with Crippen LogP contribution in [-0.4, -0.2) is 29.3 Å².